The van der Waals surface area contributed by atoms with Gasteiger partial charge in [-0.1, -0.05) is 0 Å². The number of fused-ring (bicyclic) bond motifs is 1. The lowest BCUT2D eigenvalue weighted by molar-refractivity contribution is 0.112. The number of aromatic nitrogens is 2. The van der Waals surface area contributed by atoms with Crippen molar-refractivity contribution in [2.75, 3.05) is 20.6 Å². The molecule has 2 aromatic heterocycles. The van der Waals surface area contributed by atoms with Crippen molar-refractivity contribution < 1.29 is 4.79 Å². The Morgan fingerprint density at radius 1 is 1.44 bits per heavy atom. The molecule has 0 aliphatic carbocycles. The molecule has 2 rings (SSSR count). The number of hydrogen-bond donors (Lipinski definition) is 0. The Bertz CT molecular complexity index is 502. The highest BCUT2D eigenvalue weighted by atomic mass is 16.1. The Kier molecular flexibility index (Phi) is 3.01. The summed E-state index contributed by atoms with van der Waals surface area (Å²) < 4.78 is 1.98. The number of rotatable bonds is 4. The predicted octanol–water partition coefficient (Wildman–Crippen LogP) is 1.25. The molecule has 0 aromatic carbocycles. The van der Waals surface area contributed by atoms with E-state index in [1.807, 2.05) is 37.0 Å². The standard InChI is InChI=1S/C12H15N3O/c1-14(2)6-5-12-13-7-11-4-3-10(9-16)8-15(11)12/h3-4,7-9H,5-6H2,1-2H3. The van der Waals surface area contributed by atoms with E-state index in [1.165, 1.54) is 0 Å². The van der Waals surface area contributed by atoms with Crippen molar-refractivity contribution in [3.05, 3.63) is 35.9 Å². The average Bonchev–Trinajstić information content (AvgIpc) is 2.68. The number of aldehydes is 1. The maximum absolute atomic E-state index is 10.7. The number of carbonyl (C=O) groups excluding carboxylic acids is 1. The first-order chi connectivity index (χ1) is 7.70. The van der Waals surface area contributed by atoms with Crippen LogP contribution in [0.2, 0.25) is 0 Å². The first kappa shape index (κ1) is 10.8. The second kappa shape index (κ2) is 4.45. The van der Waals surface area contributed by atoms with Crippen LogP contribution in [0.1, 0.15) is 16.2 Å². The third-order valence-corrected chi connectivity index (χ3v) is 2.55. The Hall–Kier alpha value is -1.68. The van der Waals surface area contributed by atoms with E-state index in [4.69, 9.17) is 0 Å². The van der Waals surface area contributed by atoms with Crippen LogP contribution in [-0.4, -0.2) is 41.2 Å². The minimum Gasteiger partial charge on any atom is -0.309 e. The van der Waals surface area contributed by atoms with Gasteiger partial charge in [0.15, 0.2) is 6.29 Å². The van der Waals surface area contributed by atoms with Gasteiger partial charge in [-0.05, 0) is 26.2 Å². The van der Waals surface area contributed by atoms with Crippen molar-refractivity contribution in [3.8, 4) is 0 Å². The van der Waals surface area contributed by atoms with Gasteiger partial charge in [-0.25, -0.2) is 4.98 Å². The molecular formula is C12H15N3O. The molecule has 4 nitrogen and oxygen atoms in total. The smallest absolute Gasteiger partial charge is 0.151 e. The highest BCUT2D eigenvalue weighted by molar-refractivity contribution is 5.75. The summed E-state index contributed by atoms with van der Waals surface area (Å²) in [6, 6.07) is 3.72. The van der Waals surface area contributed by atoms with Crippen LogP contribution in [-0.2, 0) is 6.42 Å². The quantitative estimate of drug-likeness (QED) is 0.723. The first-order valence-electron chi connectivity index (χ1n) is 5.26. The average molecular weight is 217 g/mol. The van der Waals surface area contributed by atoms with Gasteiger partial charge in [-0.3, -0.25) is 4.79 Å². The maximum Gasteiger partial charge on any atom is 0.151 e. The van der Waals surface area contributed by atoms with E-state index in [-0.39, 0.29) is 0 Å². The fourth-order valence-corrected chi connectivity index (χ4v) is 1.64. The van der Waals surface area contributed by atoms with Gasteiger partial charge in [0.25, 0.3) is 0 Å². The van der Waals surface area contributed by atoms with Crippen LogP contribution < -0.4 is 0 Å². The normalized spacial score (nSPS) is 11.2. The summed E-state index contributed by atoms with van der Waals surface area (Å²) in [4.78, 5) is 17.2. The third kappa shape index (κ3) is 2.12. The van der Waals surface area contributed by atoms with Gasteiger partial charge < -0.3 is 9.30 Å². The van der Waals surface area contributed by atoms with Crippen molar-refractivity contribution in [2.45, 2.75) is 6.42 Å². The van der Waals surface area contributed by atoms with Gasteiger partial charge in [0.1, 0.15) is 5.82 Å². The van der Waals surface area contributed by atoms with E-state index < -0.39 is 0 Å². The Labute approximate surface area is 94.5 Å². The van der Waals surface area contributed by atoms with E-state index >= 15 is 0 Å². The number of hydrogen-bond acceptors (Lipinski definition) is 3. The molecule has 0 N–H and O–H groups in total. The summed E-state index contributed by atoms with van der Waals surface area (Å²) in [6.45, 7) is 0.949. The van der Waals surface area contributed by atoms with Crippen molar-refractivity contribution in [2.24, 2.45) is 0 Å². The van der Waals surface area contributed by atoms with E-state index in [2.05, 4.69) is 9.88 Å². The molecule has 0 radical (unpaired) electrons. The molecule has 0 fully saturated rings. The van der Waals surface area contributed by atoms with Gasteiger partial charge in [-0.2, -0.15) is 0 Å². The molecule has 0 unspecified atom stereocenters. The lowest BCUT2D eigenvalue weighted by Gasteiger charge is -2.08. The highest BCUT2D eigenvalue weighted by Gasteiger charge is 2.04. The van der Waals surface area contributed by atoms with E-state index in [9.17, 15) is 4.79 Å². The number of imidazole rings is 1. The summed E-state index contributed by atoms with van der Waals surface area (Å²) in [6.07, 6.45) is 5.40. The number of nitrogens with zero attached hydrogens (tertiary/aromatic N) is 3. The molecule has 84 valence electrons. The van der Waals surface area contributed by atoms with Crippen molar-refractivity contribution in [3.63, 3.8) is 0 Å². The van der Waals surface area contributed by atoms with Crippen LogP contribution in [0.4, 0.5) is 0 Å². The van der Waals surface area contributed by atoms with Gasteiger partial charge in [0.05, 0.1) is 11.7 Å². The highest BCUT2D eigenvalue weighted by Crippen LogP contribution is 2.09. The molecule has 0 aliphatic rings. The molecule has 0 spiro atoms. The second-order valence-electron chi connectivity index (χ2n) is 4.10. The second-order valence-corrected chi connectivity index (χ2v) is 4.10. The van der Waals surface area contributed by atoms with Gasteiger partial charge in [0, 0.05) is 24.7 Å². The molecule has 0 saturated carbocycles. The maximum atomic E-state index is 10.7. The minimum atomic E-state index is 0.677. The molecule has 2 heterocycles. The zero-order chi connectivity index (χ0) is 11.5. The van der Waals surface area contributed by atoms with E-state index in [0.29, 0.717) is 5.56 Å². The Balaban J connectivity index is 2.34. The largest absolute Gasteiger partial charge is 0.309 e. The lowest BCUT2D eigenvalue weighted by Crippen LogP contribution is -2.16. The third-order valence-electron chi connectivity index (χ3n) is 2.55. The summed E-state index contributed by atoms with van der Waals surface area (Å²) in [5, 5.41) is 0. The fraction of sp³-hybridized carbons (Fsp3) is 0.333. The van der Waals surface area contributed by atoms with E-state index in [1.54, 1.807) is 6.07 Å². The number of likely N-dealkylation sites (N-methyl/N-ethyl adjacent to an activating group) is 1. The van der Waals surface area contributed by atoms with Gasteiger partial charge >= 0.3 is 0 Å². The SMILES string of the molecule is CN(C)CCc1ncc2ccc(C=O)cn12. The molecule has 0 aliphatic heterocycles. The van der Waals surface area contributed by atoms with Crippen molar-refractivity contribution >= 4 is 11.8 Å². The predicted molar refractivity (Wildman–Crippen MR) is 62.8 cm³/mol. The Morgan fingerprint density at radius 3 is 2.94 bits per heavy atom. The number of carbonyl (C=O) groups is 1. The molecule has 0 amide bonds. The van der Waals surface area contributed by atoms with Crippen molar-refractivity contribution in [1.82, 2.24) is 14.3 Å². The number of pyridine rings is 1. The molecule has 0 bridgehead atoms. The van der Waals surface area contributed by atoms with Gasteiger partial charge in [-0.15, -0.1) is 0 Å². The monoisotopic (exact) mass is 217 g/mol. The van der Waals surface area contributed by atoms with Crippen LogP contribution in [0.25, 0.3) is 5.52 Å². The molecule has 0 atom stereocenters. The van der Waals surface area contributed by atoms with Gasteiger partial charge in [0.2, 0.25) is 0 Å². The summed E-state index contributed by atoms with van der Waals surface area (Å²) >= 11 is 0. The molecule has 0 saturated heterocycles. The summed E-state index contributed by atoms with van der Waals surface area (Å²) in [7, 11) is 4.07. The zero-order valence-corrected chi connectivity index (χ0v) is 9.55. The topological polar surface area (TPSA) is 37.6 Å². The molecular weight excluding hydrogens is 202 g/mol. The van der Waals surface area contributed by atoms with Crippen LogP contribution >= 0.6 is 0 Å². The first-order valence-corrected chi connectivity index (χ1v) is 5.26. The molecule has 4 heteroatoms. The summed E-state index contributed by atoms with van der Waals surface area (Å²) in [5.74, 6) is 0.993. The van der Waals surface area contributed by atoms with Crippen LogP contribution in [0, 0.1) is 0 Å². The summed E-state index contributed by atoms with van der Waals surface area (Å²) in [5.41, 5.74) is 1.70. The zero-order valence-electron chi connectivity index (χ0n) is 9.55. The fourth-order valence-electron chi connectivity index (χ4n) is 1.64. The Morgan fingerprint density at radius 2 is 2.25 bits per heavy atom. The van der Waals surface area contributed by atoms with E-state index in [0.717, 1.165) is 30.6 Å². The molecule has 16 heavy (non-hydrogen) atoms. The van der Waals surface area contributed by atoms with Crippen molar-refractivity contribution in [1.29, 1.82) is 0 Å². The van der Waals surface area contributed by atoms with Crippen LogP contribution in [0.5, 0.6) is 0 Å². The van der Waals surface area contributed by atoms with Crippen LogP contribution in [0.15, 0.2) is 24.5 Å². The molecule has 2 aromatic rings. The minimum absolute atomic E-state index is 0.677. The van der Waals surface area contributed by atoms with Crippen LogP contribution in [0.3, 0.4) is 0 Å². The lowest BCUT2D eigenvalue weighted by atomic mass is 10.3.